The Morgan fingerprint density at radius 3 is 2.33 bits per heavy atom. The molecule has 5 unspecified atom stereocenters. The third kappa shape index (κ3) is 9.75. The van der Waals surface area contributed by atoms with Gasteiger partial charge in [-0.3, -0.25) is 24.1 Å². The van der Waals surface area contributed by atoms with E-state index in [-0.39, 0.29) is 63.9 Å². The van der Waals surface area contributed by atoms with Crippen LogP contribution in [-0.2, 0) is 36.1 Å². The summed E-state index contributed by atoms with van der Waals surface area (Å²) in [7, 11) is -3.75. The molecule has 0 spiro atoms. The number of para-hydroxylation sites is 1. The van der Waals surface area contributed by atoms with E-state index in [1.165, 1.54) is 11.8 Å². The number of likely N-dealkylation sites (tertiary alicyclic amines) is 2. The van der Waals surface area contributed by atoms with Gasteiger partial charge in [-0.15, -0.1) is 11.8 Å². The van der Waals surface area contributed by atoms with Crippen LogP contribution in [0, 0.1) is 5.92 Å². The molecule has 5 atom stereocenters. The molecule has 12 nitrogen and oxygen atoms in total. The van der Waals surface area contributed by atoms with E-state index in [2.05, 4.69) is 4.98 Å². The Balaban J connectivity index is 1.28. The molecule has 4 heterocycles. The maximum absolute atomic E-state index is 15.2. The minimum absolute atomic E-state index is 0.0194. The smallest absolute Gasteiger partial charge is 0.422 e. The van der Waals surface area contributed by atoms with E-state index in [0.717, 1.165) is 35.6 Å². The van der Waals surface area contributed by atoms with Crippen molar-refractivity contribution in [1.29, 1.82) is 0 Å². The van der Waals surface area contributed by atoms with Gasteiger partial charge in [-0.25, -0.2) is 8.42 Å². The molecular formula is C40H48F6N4O8S2. The van der Waals surface area contributed by atoms with Gasteiger partial charge in [0.25, 0.3) is 11.8 Å². The quantitative estimate of drug-likeness (QED) is 0.244. The van der Waals surface area contributed by atoms with E-state index in [1.807, 2.05) is 4.72 Å². The summed E-state index contributed by atoms with van der Waals surface area (Å²) < 4.78 is 122. The fourth-order valence-corrected chi connectivity index (χ4v) is 10.5. The topological polar surface area (TPSA) is 155 Å². The normalized spacial score (nSPS) is 27.4. The Kier molecular flexibility index (Phi) is 13.0. The second-order valence-corrected chi connectivity index (χ2v) is 19.0. The van der Waals surface area contributed by atoms with Gasteiger partial charge >= 0.3 is 12.4 Å². The summed E-state index contributed by atoms with van der Waals surface area (Å²) in [5, 5.41) is 12.1. The molecule has 4 aliphatic rings. The lowest BCUT2D eigenvalue weighted by molar-refractivity contribution is -0.197. The van der Waals surface area contributed by atoms with E-state index in [1.54, 1.807) is 31.2 Å². The predicted molar refractivity (Wildman–Crippen MR) is 208 cm³/mol. The molecule has 60 heavy (non-hydrogen) atoms. The average Bonchev–Trinajstić information content (AvgIpc) is 3.81. The van der Waals surface area contributed by atoms with Gasteiger partial charge in [-0.1, -0.05) is 31.5 Å². The molecule has 0 bridgehead atoms. The number of carbonyl (C=O) groups is 3. The first-order chi connectivity index (χ1) is 28.0. The fourth-order valence-electron chi connectivity index (χ4n) is 8.87. The number of thioether (sulfide) groups is 1. The summed E-state index contributed by atoms with van der Waals surface area (Å²) >= 11 is 0.509. The van der Waals surface area contributed by atoms with Gasteiger partial charge in [0, 0.05) is 43.1 Å². The number of nitrogens with zero attached hydrogens (tertiary/aromatic N) is 3. The van der Waals surface area contributed by atoms with E-state index in [0.29, 0.717) is 42.3 Å². The van der Waals surface area contributed by atoms with Gasteiger partial charge < -0.3 is 24.4 Å². The average molecular weight is 891 g/mol. The van der Waals surface area contributed by atoms with Crippen molar-refractivity contribution in [3.8, 4) is 5.75 Å². The van der Waals surface area contributed by atoms with Crippen LogP contribution < -0.4 is 9.46 Å². The number of aromatic nitrogens is 1. The molecule has 0 radical (unpaired) electrons. The molecule has 1 aliphatic carbocycles. The standard InChI is InChI=1S/C40H48F6N4O8S2/c1-4-9-30-38(58-36(2)23-31(59-24-36)40(44,45)46,15-8-19-50(30)34(52)32-28(39(41,42)43)11-7-18-47-32)35(53)49-20-16-37(54,17-21-49)27-10-5-6-12-29(27)57-26-14-13-25(22-26)33(51)48-60(3,55)56/h5-7,10-12,18,23,25-26,30,54H,4,8-9,13-17,19-22,24H2,1-3H3,(H,48,51). The van der Waals surface area contributed by atoms with Crippen molar-refractivity contribution in [2.45, 2.75) is 113 Å². The van der Waals surface area contributed by atoms with E-state index >= 15 is 4.79 Å². The Morgan fingerprint density at radius 1 is 1.00 bits per heavy atom. The van der Waals surface area contributed by atoms with Crippen LogP contribution in [0.2, 0.25) is 0 Å². The van der Waals surface area contributed by atoms with E-state index in [9.17, 15) is 49.5 Å². The highest BCUT2D eigenvalue weighted by Gasteiger charge is 2.59. The molecular weight excluding hydrogens is 843 g/mol. The summed E-state index contributed by atoms with van der Waals surface area (Å²) in [6.45, 7) is 2.97. The molecule has 3 fully saturated rings. The van der Waals surface area contributed by atoms with Crippen LogP contribution in [0.25, 0.3) is 0 Å². The Morgan fingerprint density at radius 2 is 1.70 bits per heavy atom. The molecule has 2 saturated heterocycles. The van der Waals surface area contributed by atoms with Crippen LogP contribution in [0.1, 0.15) is 93.3 Å². The number of halogens is 6. The number of pyridine rings is 1. The van der Waals surface area contributed by atoms with Crippen molar-refractivity contribution in [3.63, 3.8) is 0 Å². The largest absolute Gasteiger partial charge is 0.490 e. The van der Waals surface area contributed by atoms with Gasteiger partial charge in [0.1, 0.15) is 11.4 Å². The van der Waals surface area contributed by atoms with Crippen molar-refractivity contribution in [2.24, 2.45) is 5.92 Å². The Labute approximate surface area is 348 Å². The Hall–Kier alpha value is -3.88. The van der Waals surface area contributed by atoms with Crippen LogP contribution in [0.15, 0.2) is 53.6 Å². The third-order valence-electron chi connectivity index (χ3n) is 11.6. The first-order valence-electron chi connectivity index (χ1n) is 19.7. The third-order valence-corrected chi connectivity index (χ3v) is 13.6. The highest BCUT2D eigenvalue weighted by atomic mass is 32.2. The summed E-state index contributed by atoms with van der Waals surface area (Å²) in [5.41, 5.74) is -6.91. The molecule has 3 amide bonds. The van der Waals surface area contributed by atoms with Crippen molar-refractivity contribution in [2.75, 3.05) is 31.6 Å². The summed E-state index contributed by atoms with van der Waals surface area (Å²) in [6, 6.07) is 7.34. The van der Waals surface area contributed by atoms with E-state index < -0.39 is 91.1 Å². The summed E-state index contributed by atoms with van der Waals surface area (Å²) in [4.78, 5) is 47.3. The minimum atomic E-state index is -4.93. The first-order valence-corrected chi connectivity index (χ1v) is 22.6. The van der Waals surface area contributed by atoms with Crippen LogP contribution >= 0.6 is 11.8 Å². The summed E-state index contributed by atoms with van der Waals surface area (Å²) in [6.07, 6.45) is -5.78. The maximum atomic E-state index is 15.2. The number of hydrogen-bond acceptors (Lipinski definition) is 10. The van der Waals surface area contributed by atoms with Gasteiger partial charge in [0.15, 0.2) is 5.60 Å². The van der Waals surface area contributed by atoms with Crippen molar-refractivity contribution in [3.05, 3.63) is 70.4 Å². The number of piperidine rings is 2. The van der Waals surface area contributed by atoms with E-state index in [4.69, 9.17) is 9.47 Å². The molecule has 2 N–H and O–H groups in total. The zero-order chi connectivity index (χ0) is 43.9. The minimum Gasteiger partial charge on any atom is -0.490 e. The number of benzene rings is 1. The van der Waals surface area contributed by atoms with Crippen LogP contribution in [0.4, 0.5) is 26.3 Å². The highest BCUT2D eigenvalue weighted by Crippen LogP contribution is 2.49. The van der Waals surface area contributed by atoms with Crippen LogP contribution in [-0.4, -0.2) is 107 Å². The van der Waals surface area contributed by atoms with Crippen LogP contribution in [0.5, 0.6) is 5.75 Å². The van der Waals surface area contributed by atoms with Crippen molar-refractivity contribution in [1.82, 2.24) is 19.5 Å². The SMILES string of the molecule is CCCC1N(C(=O)c2ncccc2C(F)(F)F)CCCC1(OC1(C)C=C(C(F)(F)F)SC1)C(=O)N1CCC(O)(c2ccccc2OC2CCC(C(=O)NS(C)(=O)=O)C2)CC1. The van der Waals surface area contributed by atoms with Gasteiger partial charge in [-0.2, -0.15) is 26.3 Å². The van der Waals surface area contributed by atoms with Crippen LogP contribution in [0.3, 0.4) is 0 Å². The molecule has 3 aliphatic heterocycles. The first kappa shape index (κ1) is 45.6. The molecule has 1 aromatic heterocycles. The second kappa shape index (κ2) is 17.1. The predicted octanol–water partition coefficient (Wildman–Crippen LogP) is 6.35. The number of allylic oxidation sites excluding steroid dienone is 1. The zero-order valence-corrected chi connectivity index (χ0v) is 34.9. The monoisotopic (exact) mass is 890 g/mol. The molecule has 2 aromatic rings. The molecule has 20 heteroatoms. The maximum Gasteiger partial charge on any atom is 0.422 e. The van der Waals surface area contributed by atoms with Gasteiger partial charge in [0.05, 0.1) is 40.1 Å². The Bertz CT molecular complexity index is 2090. The van der Waals surface area contributed by atoms with Gasteiger partial charge in [0.2, 0.25) is 15.9 Å². The molecule has 1 aromatic carbocycles. The molecule has 6 rings (SSSR count). The molecule has 1 saturated carbocycles. The lowest BCUT2D eigenvalue weighted by Gasteiger charge is -2.53. The fraction of sp³-hybridized carbons (Fsp3) is 0.600. The van der Waals surface area contributed by atoms with Crippen molar-refractivity contribution >= 4 is 39.5 Å². The molecule has 330 valence electrons. The number of aliphatic hydroxyl groups is 1. The number of sulfonamides is 1. The summed E-state index contributed by atoms with van der Waals surface area (Å²) in [5.74, 6) is -2.85. The lowest BCUT2D eigenvalue weighted by Crippen LogP contribution is -2.69. The number of ether oxygens (including phenoxy) is 2. The van der Waals surface area contributed by atoms with Crippen molar-refractivity contribution < 1.29 is 63.7 Å². The number of carbonyl (C=O) groups excluding carboxylic acids is 3. The number of rotatable bonds is 11. The number of alkyl halides is 6. The number of amides is 3. The zero-order valence-electron chi connectivity index (χ0n) is 33.3. The number of nitrogens with one attached hydrogen (secondary N) is 1. The second-order valence-electron chi connectivity index (χ2n) is 16.2. The number of hydrogen-bond donors (Lipinski definition) is 2. The lowest BCUT2D eigenvalue weighted by atomic mass is 9.78. The van der Waals surface area contributed by atoms with Gasteiger partial charge in [-0.05, 0) is 82.6 Å². The highest BCUT2D eigenvalue weighted by molar-refractivity contribution is 8.03.